The number of carbonyl (C=O) groups is 2. The van der Waals surface area contributed by atoms with E-state index in [1.807, 2.05) is 30.3 Å². The Bertz CT molecular complexity index is 1480. The number of amides is 2. The lowest BCUT2D eigenvalue weighted by Gasteiger charge is -2.22. The fraction of sp³-hybridized carbons (Fsp3) is 0.233. The SMILES string of the molecule is CC1=CCc2cc(C3=NC(NC(=O)[C@@H](C)Cc4ccc(F)c(F)c4)C(=O)N(C)c4ccccc43)ccc21. The Labute approximate surface area is 214 Å². The van der Waals surface area contributed by atoms with E-state index in [0.29, 0.717) is 17.0 Å². The third-order valence-corrected chi connectivity index (χ3v) is 7.03. The van der Waals surface area contributed by atoms with E-state index < -0.39 is 29.6 Å². The van der Waals surface area contributed by atoms with Crippen LogP contribution < -0.4 is 10.2 Å². The molecule has 5 rings (SSSR count). The number of hydrogen-bond acceptors (Lipinski definition) is 3. The number of benzene rings is 3. The summed E-state index contributed by atoms with van der Waals surface area (Å²) in [5.74, 6) is -3.26. The molecule has 0 bridgehead atoms. The van der Waals surface area contributed by atoms with Gasteiger partial charge in [-0.2, -0.15) is 0 Å². The summed E-state index contributed by atoms with van der Waals surface area (Å²) in [4.78, 5) is 32.8. The summed E-state index contributed by atoms with van der Waals surface area (Å²) >= 11 is 0. The topological polar surface area (TPSA) is 61.8 Å². The van der Waals surface area contributed by atoms with Crippen molar-refractivity contribution in [2.75, 3.05) is 11.9 Å². The Morgan fingerprint density at radius 1 is 1.08 bits per heavy atom. The predicted molar refractivity (Wildman–Crippen MR) is 140 cm³/mol. The monoisotopic (exact) mass is 499 g/mol. The summed E-state index contributed by atoms with van der Waals surface area (Å²) in [7, 11) is 1.67. The Balaban J connectivity index is 1.47. The number of carbonyl (C=O) groups excluding carboxylic acids is 2. The molecule has 3 aromatic rings. The second-order valence-electron chi connectivity index (χ2n) is 9.62. The molecule has 7 heteroatoms. The molecule has 2 atom stereocenters. The molecule has 0 aromatic heterocycles. The minimum Gasteiger partial charge on any atom is -0.326 e. The van der Waals surface area contributed by atoms with Crippen LogP contribution in [0.3, 0.4) is 0 Å². The Kier molecular flexibility index (Phi) is 6.46. The van der Waals surface area contributed by atoms with Crippen molar-refractivity contribution in [2.24, 2.45) is 10.9 Å². The lowest BCUT2D eigenvalue weighted by atomic mass is 9.96. The van der Waals surface area contributed by atoms with E-state index in [1.165, 1.54) is 27.7 Å². The van der Waals surface area contributed by atoms with Crippen LogP contribution in [-0.2, 0) is 22.4 Å². The van der Waals surface area contributed by atoms with Crippen molar-refractivity contribution in [2.45, 2.75) is 32.9 Å². The molecule has 1 aliphatic carbocycles. The summed E-state index contributed by atoms with van der Waals surface area (Å²) in [5.41, 5.74) is 7.12. The van der Waals surface area contributed by atoms with Crippen LogP contribution in [0.25, 0.3) is 5.57 Å². The van der Waals surface area contributed by atoms with E-state index in [0.717, 1.165) is 29.7 Å². The Morgan fingerprint density at radius 3 is 2.65 bits per heavy atom. The van der Waals surface area contributed by atoms with Crippen LogP contribution in [-0.4, -0.2) is 30.7 Å². The maximum absolute atomic E-state index is 13.6. The lowest BCUT2D eigenvalue weighted by molar-refractivity contribution is -0.129. The van der Waals surface area contributed by atoms with E-state index in [4.69, 9.17) is 4.99 Å². The zero-order valence-corrected chi connectivity index (χ0v) is 20.9. The Morgan fingerprint density at radius 2 is 1.86 bits per heavy atom. The van der Waals surface area contributed by atoms with Crippen LogP contribution >= 0.6 is 0 Å². The van der Waals surface area contributed by atoms with Gasteiger partial charge in [0, 0.05) is 24.1 Å². The zero-order valence-electron chi connectivity index (χ0n) is 20.9. The second-order valence-corrected chi connectivity index (χ2v) is 9.62. The number of hydrogen-bond donors (Lipinski definition) is 1. The number of rotatable bonds is 5. The lowest BCUT2D eigenvalue weighted by Crippen LogP contribution is -2.47. The maximum Gasteiger partial charge on any atom is 0.272 e. The molecule has 2 aliphatic rings. The first-order chi connectivity index (χ1) is 17.7. The number of benzodiazepines with no additional fused rings is 1. The summed E-state index contributed by atoms with van der Waals surface area (Å²) in [5, 5.41) is 2.78. The number of likely N-dealkylation sites (N-methyl/N-ethyl adjacent to an activating group) is 1. The summed E-state index contributed by atoms with van der Waals surface area (Å²) < 4.78 is 26.9. The van der Waals surface area contributed by atoms with Gasteiger partial charge in [0.2, 0.25) is 12.1 Å². The van der Waals surface area contributed by atoms with E-state index in [2.05, 4.69) is 30.4 Å². The summed E-state index contributed by atoms with van der Waals surface area (Å²) in [6.07, 6.45) is 2.07. The first-order valence-corrected chi connectivity index (χ1v) is 12.2. The van der Waals surface area contributed by atoms with Crippen molar-refractivity contribution in [1.82, 2.24) is 5.32 Å². The third kappa shape index (κ3) is 4.69. The van der Waals surface area contributed by atoms with Crippen LogP contribution in [0.1, 0.15) is 41.7 Å². The van der Waals surface area contributed by atoms with Gasteiger partial charge < -0.3 is 10.2 Å². The molecular formula is C30H27F2N3O2. The van der Waals surface area contributed by atoms with Crippen LogP contribution in [0.5, 0.6) is 0 Å². The average molecular weight is 500 g/mol. The fourth-order valence-electron chi connectivity index (χ4n) is 4.90. The quantitative estimate of drug-likeness (QED) is 0.534. The van der Waals surface area contributed by atoms with E-state index >= 15 is 0 Å². The second kappa shape index (κ2) is 9.73. The Hall–Kier alpha value is -4.13. The fourth-order valence-corrected chi connectivity index (χ4v) is 4.90. The van der Waals surface area contributed by atoms with Gasteiger partial charge in [-0.25, -0.2) is 13.8 Å². The molecular weight excluding hydrogens is 472 g/mol. The third-order valence-electron chi connectivity index (χ3n) is 7.03. The maximum atomic E-state index is 13.6. The minimum absolute atomic E-state index is 0.188. The highest BCUT2D eigenvalue weighted by molar-refractivity contribution is 6.20. The molecule has 0 saturated carbocycles. The summed E-state index contributed by atoms with van der Waals surface area (Å²) in [6.45, 7) is 3.77. The van der Waals surface area contributed by atoms with Gasteiger partial charge in [-0.3, -0.25) is 9.59 Å². The van der Waals surface area contributed by atoms with Crippen molar-refractivity contribution >= 4 is 28.8 Å². The van der Waals surface area contributed by atoms with Crippen LogP contribution in [0.4, 0.5) is 14.5 Å². The van der Waals surface area contributed by atoms with Crippen molar-refractivity contribution in [3.05, 3.63) is 106 Å². The van der Waals surface area contributed by atoms with E-state index in [9.17, 15) is 18.4 Å². The number of nitrogens with one attached hydrogen (secondary N) is 1. The van der Waals surface area contributed by atoms with E-state index in [-0.39, 0.29) is 12.3 Å². The number of anilines is 1. The van der Waals surface area contributed by atoms with Crippen molar-refractivity contribution in [3.63, 3.8) is 0 Å². The van der Waals surface area contributed by atoms with Crippen LogP contribution in [0, 0.1) is 17.6 Å². The number of allylic oxidation sites excluding steroid dienone is 2. The molecule has 1 N–H and O–H groups in total. The molecule has 5 nitrogen and oxygen atoms in total. The molecule has 0 fully saturated rings. The predicted octanol–water partition coefficient (Wildman–Crippen LogP) is 5.06. The molecule has 0 saturated heterocycles. The average Bonchev–Trinajstić information content (AvgIpc) is 3.23. The minimum atomic E-state index is -1.14. The van der Waals surface area contributed by atoms with Gasteiger partial charge in [0.1, 0.15) is 0 Å². The number of fused-ring (bicyclic) bond motifs is 2. The first kappa shape index (κ1) is 24.6. The summed E-state index contributed by atoms with van der Waals surface area (Å²) in [6, 6.07) is 17.3. The van der Waals surface area contributed by atoms with E-state index in [1.54, 1.807) is 14.0 Å². The standard InChI is InChI=1S/C30H27F2N3O2/c1-17-8-10-20-16-21(11-12-22(17)20)27-23-6-4-5-7-26(23)35(3)30(37)28(33-27)34-29(36)18(2)14-19-9-13-24(31)25(32)15-19/h4-9,11-13,15-16,18,28H,10,14H2,1-3H3,(H,34,36)/t18-,28?/m0/s1. The van der Waals surface area contributed by atoms with Gasteiger partial charge in [0.05, 0.1) is 11.4 Å². The highest BCUT2D eigenvalue weighted by atomic mass is 19.2. The van der Waals surface area contributed by atoms with Gasteiger partial charge in [0.15, 0.2) is 11.6 Å². The van der Waals surface area contributed by atoms with Crippen LogP contribution in [0.2, 0.25) is 0 Å². The number of para-hydroxylation sites is 1. The van der Waals surface area contributed by atoms with Gasteiger partial charge in [-0.05, 0) is 66.3 Å². The number of halogens is 2. The molecule has 1 unspecified atom stereocenters. The van der Waals surface area contributed by atoms with Gasteiger partial charge >= 0.3 is 0 Å². The largest absolute Gasteiger partial charge is 0.326 e. The smallest absolute Gasteiger partial charge is 0.272 e. The van der Waals surface area contributed by atoms with Gasteiger partial charge in [-0.15, -0.1) is 0 Å². The molecule has 1 heterocycles. The zero-order chi connectivity index (χ0) is 26.3. The van der Waals surface area contributed by atoms with Crippen molar-refractivity contribution < 1.29 is 18.4 Å². The first-order valence-electron chi connectivity index (χ1n) is 12.2. The number of aliphatic imine (C=N–C) groups is 1. The highest BCUT2D eigenvalue weighted by Gasteiger charge is 2.32. The normalized spacial score (nSPS) is 17.4. The molecule has 3 aromatic carbocycles. The molecule has 188 valence electrons. The van der Waals surface area contributed by atoms with Crippen LogP contribution in [0.15, 0.2) is 71.7 Å². The molecule has 2 amide bonds. The van der Waals surface area contributed by atoms with Gasteiger partial charge in [0.25, 0.3) is 5.91 Å². The van der Waals surface area contributed by atoms with Crippen molar-refractivity contribution in [1.29, 1.82) is 0 Å². The highest BCUT2D eigenvalue weighted by Crippen LogP contribution is 2.31. The molecule has 0 radical (unpaired) electrons. The number of nitrogens with zero attached hydrogens (tertiary/aromatic N) is 2. The molecule has 1 aliphatic heterocycles. The molecule has 37 heavy (non-hydrogen) atoms. The van der Waals surface area contributed by atoms with Gasteiger partial charge in [-0.1, -0.05) is 49.4 Å². The van der Waals surface area contributed by atoms with Crippen molar-refractivity contribution in [3.8, 4) is 0 Å². The molecule has 0 spiro atoms.